The quantitative estimate of drug-likeness (QED) is 0.404. The third kappa shape index (κ3) is 4.15. The molecule has 3 aromatic heterocycles. The molecule has 1 fully saturated rings. The molecule has 1 saturated carbocycles. The average Bonchev–Trinajstić information content (AvgIpc) is 3.55. The molecule has 1 aliphatic rings. The molecule has 0 unspecified atom stereocenters. The second-order valence-electron chi connectivity index (χ2n) is 7.43. The first-order valence-corrected chi connectivity index (χ1v) is 9.89. The Morgan fingerprint density at radius 3 is 2.61 bits per heavy atom. The molecule has 1 aliphatic carbocycles. The number of hydrogen-bond donors (Lipinski definition) is 1. The van der Waals surface area contributed by atoms with Gasteiger partial charge in [0.1, 0.15) is 28.8 Å². The van der Waals surface area contributed by atoms with Crippen LogP contribution in [0.4, 0.5) is 29.1 Å². The molecule has 1 N–H and O–H groups in total. The van der Waals surface area contributed by atoms with Crippen LogP contribution in [-0.4, -0.2) is 26.1 Å². The first kappa shape index (κ1) is 20.7. The van der Waals surface area contributed by atoms with E-state index in [0.717, 1.165) is 18.9 Å². The molecule has 4 aromatic rings. The summed E-state index contributed by atoms with van der Waals surface area (Å²) < 4.78 is 58.8. The lowest BCUT2D eigenvalue weighted by Gasteiger charge is -2.12. The van der Waals surface area contributed by atoms with Gasteiger partial charge >= 0.3 is 6.61 Å². The van der Waals surface area contributed by atoms with Gasteiger partial charge in [-0.2, -0.15) is 14.0 Å². The minimum atomic E-state index is -2.99. The van der Waals surface area contributed by atoms with E-state index >= 15 is 0 Å². The van der Waals surface area contributed by atoms with Crippen LogP contribution in [0.5, 0.6) is 5.88 Å². The molecule has 0 aliphatic heterocycles. The van der Waals surface area contributed by atoms with E-state index in [4.69, 9.17) is 0 Å². The van der Waals surface area contributed by atoms with Crippen LogP contribution >= 0.6 is 0 Å². The van der Waals surface area contributed by atoms with Crippen LogP contribution in [0.1, 0.15) is 30.1 Å². The molecule has 11 heteroatoms. The fourth-order valence-corrected chi connectivity index (χ4v) is 3.50. The molecule has 7 nitrogen and oxygen atoms in total. The third-order valence-corrected chi connectivity index (χ3v) is 5.04. The Hall–Kier alpha value is -4.20. The highest BCUT2D eigenvalue weighted by atomic mass is 19.3. The summed E-state index contributed by atoms with van der Waals surface area (Å²) in [5.41, 5.74) is 0.877. The lowest BCUT2D eigenvalue weighted by molar-refractivity contribution is -0.0528. The van der Waals surface area contributed by atoms with Gasteiger partial charge in [-0.15, -0.1) is 0 Å². The number of rotatable bonds is 6. The zero-order valence-electron chi connectivity index (χ0n) is 16.8. The van der Waals surface area contributed by atoms with E-state index in [1.807, 2.05) is 6.07 Å². The van der Waals surface area contributed by atoms with Crippen LogP contribution in [0.3, 0.4) is 0 Å². The van der Waals surface area contributed by atoms with E-state index in [0.29, 0.717) is 11.5 Å². The van der Waals surface area contributed by atoms with E-state index < -0.39 is 18.2 Å². The first-order valence-electron chi connectivity index (χ1n) is 9.89. The van der Waals surface area contributed by atoms with Crippen molar-refractivity contribution in [2.24, 2.45) is 0 Å². The summed E-state index contributed by atoms with van der Waals surface area (Å²) >= 11 is 0. The van der Waals surface area contributed by atoms with Crippen LogP contribution in [-0.2, 0) is 0 Å². The van der Waals surface area contributed by atoms with Gasteiger partial charge in [0.25, 0.3) is 0 Å². The number of benzene rings is 1. The predicted molar refractivity (Wildman–Crippen MR) is 110 cm³/mol. The van der Waals surface area contributed by atoms with Gasteiger partial charge < -0.3 is 10.1 Å². The molecule has 33 heavy (non-hydrogen) atoms. The van der Waals surface area contributed by atoms with Crippen molar-refractivity contribution in [3.63, 3.8) is 0 Å². The highest BCUT2D eigenvalue weighted by Crippen LogP contribution is 2.42. The predicted octanol–water partition coefficient (Wildman–Crippen LogP) is 5.19. The van der Waals surface area contributed by atoms with Crippen molar-refractivity contribution in [3.05, 3.63) is 65.6 Å². The number of imidazole rings is 1. The number of nitrogens with one attached hydrogen (secondary N) is 1. The average molecular weight is 454 g/mol. The van der Waals surface area contributed by atoms with Crippen molar-refractivity contribution in [2.45, 2.75) is 25.4 Å². The number of alkyl halides is 2. The monoisotopic (exact) mass is 454 g/mol. The summed E-state index contributed by atoms with van der Waals surface area (Å²) in [7, 11) is 0. The van der Waals surface area contributed by atoms with E-state index in [2.05, 4.69) is 25.0 Å². The maximum Gasteiger partial charge on any atom is 0.388 e. The number of nitrogens with zero attached hydrogens (tertiary/aromatic N) is 5. The van der Waals surface area contributed by atoms with Gasteiger partial charge in [-0.05, 0) is 31.0 Å². The summed E-state index contributed by atoms with van der Waals surface area (Å²) in [6.07, 6.45) is 2.98. The third-order valence-electron chi connectivity index (χ3n) is 5.04. The maximum absolute atomic E-state index is 14.4. The van der Waals surface area contributed by atoms with Crippen LogP contribution < -0.4 is 10.1 Å². The van der Waals surface area contributed by atoms with Crippen molar-refractivity contribution >= 4 is 22.5 Å². The minimum Gasteiger partial charge on any atom is -0.417 e. The Morgan fingerprint density at radius 2 is 1.94 bits per heavy atom. The maximum atomic E-state index is 14.4. The molecular formula is C22H14F4N6O. The summed E-state index contributed by atoms with van der Waals surface area (Å²) in [4.78, 5) is 12.7. The van der Waals surface area contributed by atoms with Crippen LogP contribution in [0.2, 0.25) is 0 Å². The number of pyridine rings is 2. The van der Waals surface area contributed by atoms with Gasteiger partial charge in [0, 0.05) is 24.1 Å². The SMILES string of the molecule is N#Cc1cc(Nc2ccc(OC(F)F)nc2)nc(-n2c(C3CC3)nc3c(F)cc(F)cc32)c1. The number of anilines is 2. The van der Waals surface area contributed by atoms with Crippen LogP contribution in [0.15, 0.2) is 42.6 Å². The fourth-order valence-electron chi connectivity index (χ4n) is 3.50. The Balaban J connectivity index is 1.58. The van der Waals surface area contributed by atoms with Crippen molar-refractivity contribution in [1.82, 2.24) is 19.5 Å². The number of nitriles is 1. The second-order valence-corrected chi connectivity index (χ2v) is 7.43. The van der Waals surface area contributed by atoms with Gasteiger partial charge in [-0.25, -0.2) is 23.7 Å². The lowest BCUT2D eigenvalue weighted by atomic mass is 10.2. The highest BCUT2D eigenvalue weighted by molar-refractivity contribution is 5.79. The molecule has 166 valence electrons. The van der Waals surface area contributed by atoms with Gasteiger partial charge in [-0.1, -0.05) is 0 Å². The summed E-state index contributed by atoms with van der Waals surface area (Å²) in [6.45, 7) is -2.99. The molecule has 0 atom stereocenters. The minimum absolute atomic E-state index is 0.0239. The van der Waals surface area contributed by atoms with E-state index in [9.17, 15) is 22.8 Å². The van der Waals surface area contributed by atoms with E-state index in [-0.39, 0.29) is 40.0 Å². The normalized spacial score (nSPS) is 13.3. The van der Waals surface area contributed by atoms with Gasteiger partial charge in [0.2, 0.25) is 5.88 Å². The molecule has 0 saturated heterocycles. The Labute approximate surface area is 184 Å². The standard InChI is InChI=1S/C22H14F4N6O/c23-13-7-15(24)20-16(8-13)32(21(31-20)12-1-2-12)18-6-11(9-27)5-17(30-18)29-14-3-4-19(28-10-14)33-22(25)26/h3-8,10,12,22H,1-2H2,(H,29,30). The molecule has 0 bridgehead atoms. The summed E-state index contributed by atoms with van der Waals surface area (Å²) in [5.74, 6) is -0.662. The van der Waals surface area contributed by atoms with E-state index in [1.165, 1.54) is 36.5 Å². The molecule has 0 amide bonds. The Kier molecular flexibility index (Phi) is 5.05. The zero-order valence-corrected chi connectivity index (χ0v) is 16.8. The Morgan fingerprint density at radius 1 is 1.12 bits per heavy atom. The van der Waals surface area contributed by atoms with Crippen molar-refractivity contribution in [1.29, 1.82) is 5.26 Å². The van der Waals surface area contributed by atoms with Gasteiger partial charge in [-0.3, -0.25) is 4.57 Å². The first-order chi connectivity index (χ1) is 15.9. The molecule has 0 spiro atoms. The van der Waals surface area contributed by atoms with Crippen molar-refractivity contribution in [3.8, 4) is 17.8 Å². The van der Waals surface area contributed by atoms with Gasteiger partial charge in [0.15, 0.2) is 5.82 Å². The zero-order chi connectivity index (χ0) is 23.1. The number of ether oxygens (including phenoxy) is 1. The van der Waals surface area contributed by atoms with Crippen LogP contribution in [0, 0.1) is 23.0 Å². The summed E-state index contributed by atoms with van der Waals surface area (Å²) in [6, 6.07) is 9.68. The second kappa shape index (κ2) is 8.05. The number of halogens is 4. The van der Waals surface area contributed by atoms with Gasteiger partial charge in [0.05, 0.1) is 29.0 Å². The van der Waals surface area contributed by atoms with Crippen LogP contribution in [0.25, 0.3) is 16.9 Å². The molecule has 1 aromatic carbocycles. The largest absolute Gasteiger partial charge is 0.417 e. The molecular weight excluding hydrogens is 440 g/mol. The fraction of sp³-hybridized carbons (Fsp3) is 0.182. The smallest absolute Gasteiger partial charge is 0.388 e. The lowest BCUT2D eigenvalue weighted by Crippen LogP contribution is -2.06. The summed E-state index contributed by atoms with van der Waals surface area (Å²) in [5, 5.41) is 12.5. The number of hydrogen-bond acceptors (Lipinski definition) is 6. The number of aromatic nitrogens is 4. The van der Waals surface area contributed by atoms with Crippen molar-refractivity contribution in [2.75, 3.05) is 5.32 Å². The number of fused-ring (bicyclic) bond motifs is 1. The van der Waals surface area contributed by atoms with Crippen molar-refractivity contribution < 1.29 is 22.3 Å². The topological polar surface area (TPSA) is 88.6 Å². The Bertz CT molecular complexity index is 1390. The van der Waals surface area contributed by atoms with E-state index in [1.54, 1.807) is 4.57 Å². The molecule has 5 rings (SSSR count). The highest BCUT2D eigenvalue weighted by Gasteiger charge is 2.31. The molecule has 3 heterocycles. The molecule has 0 radical (unpaired) electrons.